The summed E-state index contributed by atoms with van der Waals surface area (Å²) in [5, 5.41) is 11.5. The highest BCUT2D eigenvalue weighted by Gasteiger charge is 2.28. The van der Waals surface area contributed by atoms with Gasteiger partial charge in [-0.05, 0) is 18.2 Å². The molecule has 0 unspecified atom stereocenters. The topological polar surface area (TPSA) is 134 Å². The molecule has 0 radical (unpaired) electrons. The second-order valence-electron chi connectivity index (χ2n) is 8.05. The van der Waals surface area contributed by atoms with Gasteiger partial charge in [-0.15, -0.1) is 0 Å². The van der Waals surface area contributed by atoms with Crippen molar-refractivity contribution < 1.29 is 19.0 Å². The number of hydrogen-bond acceptors (Lipinski definition) is 8. The molecule has 0 saturated carbocycles. The molecule has 0 spiro atoms. The van der Waals surface area contributed by atoms with Gasteiger partial charge < -0.3 is 19.9 Å². The lowest BCUT2D eigenvalue weighted by atomic mass is 9.98. The zero-order valence-corrected chi connectivity index (χ0v) is 20.3. The molecule has 10 heteroatoms. The van der Waals surface area contributed by atoms with E-state index in [0.29, 0.717) is 17.0 Å². The molecule has 0 amide bonds. The number of ether oxygens (including phenoxy) is 3. The maximum atomic E-state index is 13.8. The molecule has 3 N–H and O–H groups in total. The third-order valence-corrected chi connectivity index (χ3v) is 5.98. The summed E-state index contributed by atoms with van der Waals surface area (Å²) in [5.41, 5.74) is 8.68. The van der Waals surface area contributed by atoms with E-state index >= 15 is 0 Å². The number of nitrogens with two attached hydrogens (primary N) is 1. The average molecular weight is 498 g/mol. The Kier molecular flexibility index (Phi) is 6.06. The van der Waals surface area contributed by atoms with Gasteiger partial charge in [0.2, 0.25) is 11.5 Å². The number of nitrogens with zero attached hydrogens (tertiary/aromatic N) is 3. The first-order valence-corrected chi connectivity index (χ1v) is 11.2. The predicted octanol–water partition coefficient (Wildman–Crippen LogP) is 3.59. The lowest BCUT2D eigenvalue weighted by Gasteiger charge is -2.17. The molecular weight excluding hydrogens is 474 g/mol. The second kappa shape index (κ2) is 9.50. The van der Waals surface area contributed by atoms with E-state index in [0.717, 1.165) is 11.1 Å². The number of aromatic amines is 1. The highest BCUT2D eigenvalue weighted by atomic mass is 16.5. The molecule has 0 fully saturated rings. The van der Waals surface area contributed by atoms with Crippen LogP contribution in [-0.4, -0.2) is 46.9 Å². The van der Waals surface area contributed by atoms with Crippen LogP contribution in [0.3, 0.4) is 0 Å². The van der Waals surface area contributed by atoms with Gasteiger partial charge >= 0.3 is 0 Å². The van der Waals surface area contributed by atoms with E-state index in [9.17, 15) is 9.59 Å². The van der Waals surface area contributed by atoms with Crippen LogP contribution in [0.15, 0.2) is 71.7 Å². The summed E-state index contributed by atoms with van der Waals surface area (Å²) >= 11 is 0. The monoisotopic (exact) mass is 497 g/mol. The number of aromatic nitrogens is 4. The Balaban J connectivity index is 1.73. The number of H-pyrrole nitrogens is 1. The number of ketones is 1. The van der Waals surface area contributed by atoms with Crippen LogP contribution in [0, 0.1) is 0 Å². The molecule has 2 aromatic carbocycles. The van der Waals surface area contributed by atoms with Gasteiger partial charge in [0.25, 0.3) is 5.56 Å². The highest BCUT2D eigenvalue weighted by Crippen LogP contribution is 2.44. The third kappa shape index (κ3) is 3.94. The third-order valence-electron chi connectivity index (χ3n) is 5.98. The zero-order chi connectivity index (χ0) is 26.1. The van der Waals surface area contributed by atoms with E-state index in [1.54, 1.807) is 4.52 Å². The van der Waals surface area contributed by atoms with E-state index in [-0.39, 0.29) is 34.1 Å². The number of anilines is 1. The van der Waals surface area contributed by atoms with Crippen LogP contribution in [0.25, 0.3) is 28.0 Å². The molecule has 3 heterocycles. The molecule has 5 aromatic rings. The summed E-state index contributed by atoms with van der Waals surface area (Å²) in [6, 6.07) is 18.1. The molecule has 0 saturated heterocycles. The Morgan fingerprint density at radius 3 is 2.38 bits per heavy atom. The minimum Gasteiger partial charge on any atom is -0.493 e. The van der Waals surface area contributed by atoms with Crippen LogP contribution in [-0.2, 0) is 0 Å². The molecule has 37 heavy (non-hydrogen) atoms. The average Bonchev–Trinajstić information content (AvgIpc) is 3.32. The number of fused-ring (bicyclic) bond motifs is 1. The van der Waals surface area contributed by atoms with Gasteiger partial charge in [0.15, 0.2) is 11.5 Å². The number of pyridine rings is 1. The maximum Gasteiger partial charge on any atom is 0.275 e. The molecule has 0 aliphatic rings. The van der Waals surface area contributed by atoms with Crippen molar-refractivity contribution in [3.63, 3.8) is 0 Å². The number of carbonyl (C=O) groups is 1. The first-order chi connectivity index (χ1) is 18.0. The van der Waals surface area contributed by atoms with Crippen LogP contribution < -0.4 is 25.5 Å². The standard InChI is InChI=1S/C27H23N5O5/c1-35-20-14-17(28)21(26(37-3)25(20)36-2)24(33)16-13-18(29-30-27(16)34)22-19-11-7-8-12-32(19)31-23(22)15-9-5-4-6-10-15/h4-14H,28H2,1-3H3,(H,30,34). The quantitative estimate of drug-likeness (QED) is 0.257. The van der Waals surface area contributed by atoms with Crippen molar-refractivity contribution in [2.45, 2.75) is 0 Å². The Labute approximate surface area is 211 Å². The molecule has 5 rings (SSSR count). The normalized spacial score (nSPS) is 10.9. The minimum atomic E-state index is -0.678. The SMILES string of the molecule is COc1cc(N)c(C(=O)c2cc(-c3c(-c4ccccc4)nn4ccccc34)n[nH]c2=O)c(OC)c1OC. The van der Waals surface area contributed by atoms with Crippen LogP contribution in [0.4, 0.5) is 5.69 Å². The summed E-state index contributed by atoms with van der Waals surface area (Å²) in [6.07, 6.45) is 1.82. The van der Waals surface area contributed by atoms with Gasteiger partial charge in [0.05, 0.1) is 54.9 Å². The second-order valence-corrected chi connectivity index (χ2v) is 8.05. The molecular formula is C27H23N5O5. The van der Waals surface area contributed by atoms with E-state index in [2.05, 4.69) is 10.2 Å². The van der Waals surface area contributed by atoms with Crippen molar-refractivity contribution in [3.05, 3.63) is 88.3 Å². The molecule has 0 aliphatic heterocycles. The first kappa shape index (κ1) is 23.6. The van der Waals surface area contributed by atoms with E-state index < -0.39 is 11.3 Å². The molecule has 0 aliphatic carbocycles. The fraction of sp³-hybridized carbons (Fsp3) is 0.111. The number of nitrogen functional groups attached to an aromatic ring is 1. The first-order valence-electron chi connectivity index (χ1n) is 11.2. The fourth-order valence-corrected chi connectivity index (χ4v) is 4.30. The molecule has 3 aromatic heterocycles. The predicted molar refractivity (Wildman–Crippen MR) is 138 cm³/mol. The number of rotatable bonds is 7. The molecule has 0 atom stereocenters. The summed E-state index contributed by atoms with van der Waals surface area (Å²) in [6.45, 7) is 0. The van der Waals surface area contributed by atoms with Crippen LogP contribution in [0.5, 0.6) is 17.2 Å². The van der Waals surface area contributed by atoms with Crippen LogP contribution in [0.1, 0.15) is 15.9 Å². The van der Waals surface area contributed by atoms with E-state index in [1.807, 2.05) is 54.7 Å². The summed E-state index contributed by atoms with van der Waals surface area (Å²) in [4.78, 5) is 26.6. The number of methoxy groups -OCH3 is 3. The highest BCUT2D eigenvalue weighted by molar-refractivity contribution is 6.15. The van der Waals surface area contributed by atoms with Crippen molar-refractivity contribution >= 4 is 17.0 Å². The van der Waals surface area contributed by atoms with Crippen LogP contribution >= 0.6 is 0 Å². The van der Waals surface area contributed by atoms with Crippen molar-refractivity contribution in [1.82, 2.24) is 19.8 Å². The number of carbonyl (C=O) groups excluding carboxylic acids is 1. The Bertz CT molecular complexity index is 1690. The largest absolute Gasteiger partial charge is 0.493 e. The maximum absolute atomic E-state index is 13.8. The lowest BCUT2D eigenvalue weighted by Crippen LogP contribution is -2.21. The lowest BCUT2D eigenvalue weighted by molar-refractivity contribution is 0.103. The van der Waals surface area contributed by atoms with E-state index in [1.165, 1.54) is 33.5 Å². The zero-order valence-electron chi connectivity index (χ0n) is 20.3. The van der Waals surface area contributed by atoms with Gasteiger partial charge in [-0.25, -0.2) is 9.61 Å². The molecule has 186 valence electrons. The van der Waals surface area contributed by atoms with Crippen molar-refractivity contribution in [3.8, 4) is 39.8 Å². The fourth-order valence-electron chi connectivity index (χ4n) is 4.30. The van der Waals surface area contributed by atoms with Crippen LogP contribution in [0.2, 0.25) is 0 Å². The van der Waals surface area contributed by atoms with Crippen molar-refractivity contribution in [1.29, 1.82) is 0 Å². The molecule has 0 bridgehead atoms. The smallest absolute Gasteiger partial charge is 0.275 e. The van der Waals surface area contributed by atoms with E-state index in [4.69, 9.17) is 25.0 Å². The number of nitrogens with one attached hydrogen (secondary N) is 1. The Morgan fingerprint density at radius 1 is 0.946 bits per heavy atom. The Hall–Kier alpha value is -5.12. The van der Waals surface area contributed by atoms with Gasteiger partial charge in [-0.2, -0.15) is 10.2 Å². The summed E-state index contributed by atoms with van der Waals surface area (Å²) in [7, 11) is 4.23. The number of benzene rings is 2. The number of hydrogen-bond donors (Lipinski definition) is 2. The van der Waals surface area contributed by atoms with Gasteiger partial charge in [0.1, 0.15) is 5.69 Å². The Morgan fingerprint density at radius 2 is 1.68 bits per heavy atom. The van der Waals surface area contributed by atoms with Crippen molar-refractivity contribution in [2.24, 2.45) is 0 Å². The van der Waals surface area contributed by atoms with Gasteiger partial charge in [0, 0.05) is 17.8 Å². The van der Waals surface area contributed by atoms with Gasteiger partial charge in [-0.3, -0.25) is 9.59 Å². The van der Waals surface area contributed by atoms with Crippen molar-refractivity contribution in [2.75, 3.05) is 27.1 Å². The summed E-state index contributed by atoms with van der Waals surface area (Å²) in [5.74, 6) is -0.125. The minimum absolute atomic E-state index is 0.0223. The van der Waals surface area contributed by atoms with Gasteiger partial charge in [-0.1, -0.05) is 36.4 Å². The summed E-state index contributed by atoms with van der Waals surface area (Å²) < 4.78 is 17.9. The molecule has 10 nitrogen and oxygen atoms in total.